The lowest BCUT2D eigenvalue weighted by molar-refractivity contribution is 0.476. The van der Waals surface area contributed by atoms with Crippen LogP contribution in [-0.2, 0) is 13.1 Å². The number of para-hydroxylation sites is 1. The number of nitrogens with zero attached hydrogens (tertiary/aromatic N) is 1. The van der Waals surface area contributed by atoms with Crippen molar-refractivity contribution in [2.45, 2.75) is 20.0 Å². The van der Waals surface area contributed by atoms with Crippen LogP contribution in [0.3, 0.4) is 0 Å². The van der Waals surface area contributed by atoms with Gasteiger partial charge in [-0.05, 0) is 41.1 Å². The number of rotatable bonds is 5. The Morgan fingerprint density at radius 3 is 2.85 bits per heavy atom. The van der Waals surface area contributed by atoms with Crippen molar-refractivity contribution in [2.75, 3.05) is 6.54 Å². The molecular formula is C16H17BrN2O. The normalized spacial score (nSPS) is 11.3. The number of hydrogen-bond acceptors (Lipinski definition) is 2. The monoisotopic (exact) mass is 332 g/mol. The van der Waals surface area contributed by atoms with Crippen LogP contribution in [0.5, 0.6) is 0 Å². The molecule has 0 aliphatic rings. The minimum Gasteiger partial charge on any atom is -0.468 e. The average Bonchev–Trinajstić information content (AvgIpc) is 3.06. The molecule has 104 valence electrons. The predicted octanol–water partition coefficient (Wildman–Crippen LogP) is 4.10. The van der Waals surface area contributed by atoms with Gasteiger partial charge in [-0.1, -0.05) is 18.2 Å². The number of furan rings is 1. The smallest absolute Gasteiger partial charge is 0.117 e. The van der Waals surface area contributed by atoms with Crippen LogP contribution in [0.15, 0.2) is 51.6 Å². The number of hydrogen-bond donors (Lipinski definition) is 1. The van der Waals surface area contributed by atoms with E-state index in [9.17, 15) is 0 Å². The summed E-state index contributed by atoms with van der Waals surface area (Å²) >= 11 is 3.69. The Morgan fingerprint density at radius 1 is 1.20 bits per heavy atom. The minimum absolute atomic E-state index is 0.770. The van der Waals surface area contributed by atoms with E-state index >= 15 is 0 Å². The second-order valence-electron chi connectivity index (χ2n) is 4.82. The Kier molecular flexibility index (Phi) is 3.94. The summed E-state index contributed by atoms with van der Waals surface area (Å²) in [6, 6.07) is 12.4. The van der Waals surface area contributed by atoms with E-state index in [1.165, 1.54) is 21.1 Å². The summed E-state index contributed by atoms with van der Waals surface area (Å²) in [7, 11) is 0. The Bertz CT molecular complexity index is 701. The second kappa shape index (κ2) is 5.85. The molecule has 3 nitrogen and oxygen atoms in total. The Morgan fingerprint density at radius 2 is 2.05 bits per heavy atom. The summed E-state index contributed by atoms with van der Waals surface area (Å²) in [6.07, 6.45) is 1.71. The van der Waals surface area contributed by atoms with Crippen LogP contribution in [-0.4, -0.2) is 11.1 Å². The summed E-state index contributed by atoms with van der Waals surface area (Å²) in [4.78, 5) is 0. The molecule has 2 aromatic heterocycles. The highest BCUT2D eigenvalue weighted by atomic mass is 79.9. The predicted molar refractivity (Wildman–Crippen MR) is 84.8 cm³/mol. The molecule has 0 saturated carbocycles. The van der Waals surface area contributed by atoms with Gasteiger partial charge in [-0.3, -0.25) is 0 Å². The number of benzene rings is 1. The molecule has 4 heteroatoms. The lowest BCUT2D eigenvalue weighted by Gasteiger charge is -2.09. The van der Waals surface area contributed by atoms with Gasteiger partial charge in [0.2, 0.25) is 0 Å². The molecule has 1 aromatic carbocycles. The van der Waals surface area contributed by atoms with Crippen LogP contribution in [0.25, 0.3) is 10.9 Å². The lowest BCUT2D eigenvalue weighted by Crippen LogP contribution is -2.19. The van der Waals surface area contributed by atoms with E-state index in [1.54, 1.807) is 6.26 Å². The Labute approximate surface area is 126 Å². The van der Waals surface area contributed by atoms with Gasteiger partial charge < -0.3 is 14.3 Å². The molecule has 3 rings (SSSR count). The van der Waals surface area contributed by atoms with Crippen LogP contribution >= 0.6 is 15.9 Å². The third-order valence-corrected chi connectivity index (χ3v) is 4.55. The first-order chi connectivity index (χ1) is 9.77. The first-order valence-corrected chi connectivity index (χ1v) is 7.53. The highest BCUT2D eigenvalue weighted by molar-refractivity contribution is 9.10. The third-order valence-electron chi connectivity index (χ3n) is 3.55. The van der Waals surface area contributed by atoms with Crippen molar-refractivity contribution in [3.8, 4) is 0 Å². The van der Waals surface area contributed by atoms with Gasteiger partial charge in [0, 0.05) is 34.2 Å². The van der Waals surface area contributed by atoms with Gasteiger partial charge >= 0.3 is 0 Å². The van der Waals surface area contributed by atoms with Gasteiger partial charge in [-0.25, -0.2) is 0 Å². The van der Waals surface area contributed by atoms with Crippen molar-refractivity contribution in [3.63, 3.8) is 0 Å². The largest absolute Gasteiger partial charge is 0.468 e. The van der Waals surface area contributed by atoms with Crippen LogP contribution in [0.1, 0.15) is 11.5 Å². The summed E-state index contributed by atoms with van der Waals surface area (Å²) in [6.45, 7) is 4.77. The van der Waals surface area contributed by atoms with E-state index in [0.29, 0.717) is 0 Å². The van der Waals surface area contributed by atoms with Crippen molar-refractivity contribution in [2.24, 2.45) is 0 Å². The molecular weight excluding hydrogens is 316 g/mol. The van der Waals surface area contributed by atoms with Crippen molar-refractivity contribution in [3.05, 3.63) is 58.6 Å². The van der Waals surface area contributed by atoms with Crippen LogP contribution in [0.4, 0.5) is 0 Å². The van der Waals surface area contributed by atoms with E-state index in [-0.39, 0.29) is 0 Å². The molecule has 0 bridgehead atoms. The van der Waals surface area contributed by atoms with E-state index < -0.39 is 0 Å². The molecule has 1 N–H and O–H groups in total. The zero-order chi connectivity index (χ0) is 13.9. The van der Waals surface area contributed by atoms with E-state index in [2.05, 4.69) is 57.0 Å². The molecule has 0 aliphatic carbocycles. The molecule has 20 heavy (non-hydrogen) atoms. The maximum atomic E-state index is 5.31. The Hall–Kier alpha value is -1.52. The van der Waals surface area contributed by atoms with Crippen LogP contribution < -0.4 is 5.32 Å². The molecule has 2 heterocycles. The lowest BCUT2D eigenvalue weighted by atomic mass is 10.2. The molecule has 0 radical (unpaired) electrons. The fraction of sp³-hybridized carbons (Fsp3) is 0.250. The maximum Gasteiger partial charge on any atom is 0.117 e. The van der Waals surface area contributed by atoms with Gasteiger partial charge in [0.1, 0.15) is 5.76 Å². The van der Waals surface area contributed by atoms with Crippen molar-refractivity contribution < 1.29 is 4.42 Å². The summed E-state index contributed by atoms with van der Waals surface area (Å²) in [5.41, 5.74) is 2.54. The standard InChI is InChI=1S/C16H17BrN2O/c1-12-16(17)14-6-2-3-7-15(14)19(12)9-8-18-11-13-5-4-10-20-13/h2-7,10,18H,8-9,11H2,1H3. The average molecular weight is 333 g/mol. The van der Waals surface area contributed by atoms with Gasteiger partial charge in [0.25, 0.3) is 0 Å². The molecule has 0 amide bonds. The SMILES string of the molecule is Cc1c(Br)c2ccccc2n1CCNCc1ccco1. The van der Waals surface area contributed by atoms with Crippen molar-refractivity contribution >= 4 is 26.8 Å². The quantitative estimate of drug-likeness (QED) is 0.713. The molecule has 0 atom stereocenters. The summed E-state index contributed by atoms with van der Waals surface area (Å²) in [5, 5.41) is 4.68. The van der Waals surface area contributed by atoms with E-state index in [1.807, 2.05) is 12.1 Å². The topological polar surface area (TPSA) is 30.1 Å². The molecule has 0 saturated heterocycles. The first-order valence-electron chi connectivity index (χ1n) is 6.74. The molecule has 0 fully saturated rings. The number of aromatic nitrogens is 1. The number of halogens is 1. The highest BCUT2D eigenvalue weighted by Crippen LogP contribution is 2.30. The molecule has 3 aromatic rings. The highest BCUT2D eigenvalue weighted by Gasteiger charge is 2.10. The van der Waals surface area contributed by atoms with Crippen LogP contribution in [0.2, 0.25) is 0 Å². The maximum absolute atomic E-state index is 5.31. The fourth-order valence-corrected chi connectivity index (χ4v) is 3.04. The molecule has 0 aliphatic heterocycles. The molecule has 0 spiro atoms. The van der Waals surface area contributed by atoms with Gasteiger partial charge in [-0.2, -0.15) is 0 Å². The fourth-order valence-electron chi connectivity index (χ4n) is 2.49. The zero-order valence-corrected chi connectivity index (χ0v) is 13.0. The zero-order valence-electron chi connectivity index (χ0n) is 11.4. The third kappa shape index (κ3) is 2.53. The van der Waals surface area contributed by atoms with Gasteiger partial charge in [0.05, 0.1) is 12.8 Å². The van der Waals surface area contributed by atoms with E-state index in [4.69, 9.17) is 4.42 Å². The van der Waals surface area contributed by atoms with E-state index in [0.717, 1.165) is 25.4 Å². The summed E-state index contributed by atoms with van der Waals surface area (Å²) in [5.74, 6) is 0.972. The molecule has 0 unspecified atom stereocenters. The number of nitrogens with one attached hydrogen (secondary N) is 1. The summed E-state index contributed by atoms with van der Waals surface area (Å²) < 4.78 is 8.84. The van der Waals surface area contributed by atoms with Crippen molar-refractivity contribution in [1.29, 1.82) is 0 Å². The first kappa shape index (κ1) is 13.5. The van der Waals surface area contributed by atoms with Crippen LogP contribution in [0, 0.1) is 6.92 Å². The van der Waals surface area contributed by atoms with Gasteiger partial charge in [-0.15, -0.1) is 0 Å². The minimum atomic E-state index is 0.770. The Balaban J connectivity index is 1.70. The van der Waals surface area contributed by atoms with Crippen molar-refractivity contribution in [1.82, 2.24) is 9.88 Å². The van der Waals surface area contributed by atoms with Gasteiger partial charge in [0.15, 0.2) is 0 Å². The second-order valence-corrected chi connectivity index (χ2v) is 5.62. The number of fused-ring (bicyclic) bond motifs is 1.